The molecule has 4 heterocycles. The van der Waals surface area contributed by atoms with Crippen LogP contribution in [0.2, 0.25) is 0 Å². The normalized spacial score (nSPS) is 24.9. The molecule has 4 aliphatic rings. The summed E-state index contributed by atoms with van der Waals surface area (Å²) >= 11 is 7.34. The van der Waals surface area contributed by atoms with Crippen molar-refractivity contribution in [2.75, 3.05) is 26.3 Å². The molecule has 0 saturated carbocycles. The quantitative estimate of drug-likeness (QED) is 0.413. The number of rotatable bonds is 9. The van der Waals surface area contributed by atoms with Crippen LogP contribution in [-0.2, 0) is 29.0 Å². The van der Waals surface area contributed by atoms with Gasteiger partial charge in [0.05, 0.1) is 30.3 Å². The van der Waals surface area contributed by atoms with E-state index in [4.69, 9.17) is 26.1 Å². The number of benzene rings is 1. The Kier molecular flexibility index (Phi) is 7.84. The van der Waals surface area contributed by atoms with Gasteiger partial charge in [-0.25, -0.2) is 9.37 Å². The third-order valence-electron chi connectivity index (χ3n) is 7.68. The summed E-state index contributed by atoms with van der Waals surface area (Å²) in [6.45, 7) is 4.09. The second-order valence-corrected chi connectivity index (χ2v) is 12.1. The van der Waals surface area contributed by atoms with Gasteiger partial charge in [0.2, 0.25) is 0 Å². The Balaban J connectivity index is 1.10. The molecule has 3 unspecified atom stereocenters. The van der Waals surface area contributed by atoms with Gasteiger partial charge >= 0.3 is 5.97 Å². The number of hydrogen-bond acceptors (Lipinski definition) is 6. The third kappa shape index (κ3) is 5.96. The number of aromatic nitrogens is 2. The van der Waals surface area contributed by atoms with E-state index in [0.29, 0.717) is 30.7 Å². The van der Waals surface area contributed by atoms with Gasteiger partial charge in [0.25, 0.3) is 0 Å². The molecular weight excluding hydrogens is 541 g/mol. The van der Waals surface area contributed by atoms with Crippen LogP contribution in [0.25, 0.3) is 5.57 Å². The summed E-state index contributed by atoms with van der Waals surface area (Å²) in [5, 5.41) is 9.57. The maximum atomic E-state index is 14.1. The fourth-order valence-corrected chi connectivity index (χ4v) is 6.64. The largest absolute Gasteiger partial charge is 0.489 e. The molecule has 206 valence electrons. The number of hydrogen-bond donors (Lipinski definition) is 1. The number of imidazole rings is 1. The summed E-state index contributed by atoms with van der Waals surface area (Å²) in [5.41, 5.74) is 3.94. The number of fused-ring (bicyclic) bond motifs is 1. The number of carbonyl (C=O) groups is 1. The van der Waals surface area contributed by atoms with Crippen molar-refractivity contribution in [1.29, 1.82) is 0 Å². The highest BCUT2D eigenvalue weighted by atomic mass is 35.5. The van der Waals surface area contributed by atoms with E-state index in [2.05, 4.69) is 21.6 Å². The molecule has 3 aliphatic heterocycles. The van der Waals surface area contributed by atoms with Crippen LogP contribution in [0, 0.1) is 0 Å². The Bertz CT molecular complexity index is 1350. The summed E-state index contributed by atoms with van der Waals surface area (Å²) in [7, 11) is 0. The fourth-order valence-electron chi connectivity index (χ4n) is 5.34. The number of nitrogens with zero attached hydrogens (tertiary/aromatic N) is 3. The summed E-state index contributed by atoms with van der Waals surface area (Å²) in [6.07, 6.45) is 8.70. The molecule has 3 atom stereocenters. The van der Waals surface area contributed by atoms with Crippen LogP contribution >= 0.6 is 23.4 Å². The van der Waals surface area contributed by atoms with Crippen molar-refractivity contribution in [3.8, 4) is 5.75 Å². The first kappa shape index (κ1) is 26.6. The molecule has 1 N–H and O–H groups in total. The molecule has 1 aromatic carbocycles. The number of carboxylic acids is 1. The topological polar surface area (TPSA) is 76.8 Å². The van der Waals surface area contributed by atoms with E-state index in [1.165, 1.54) is 23.4 Å². The molecule has 7 nitrogen and oxygen atoms in total. The predicted octanol–water partition coefficient (Wildman–Crippen LogP) is 5.23. The molecule has 1 aliphatic carbocycles. The van der Waals surface area contributed by atoms with E-state index in [1.807, 2.05) is 18.2 Å². The maximum Gasteiger partial charge on any atom is 0.317 e. The molecule has 0 bridgehead atoms. The van der Waals surface area contributed by atoms with Gasteiger partial charge in [-0.3, -0.25) is 9.69 Å². The Morgan fingerprint density at radius 2 is 2.21 bits per heavy atom. The molecule has 6 rings (SSSR count). The van der Waals surface area contributed by atoms with E-state index in [1.54, 1.807) is 6.08 Å². The fraction of sp³-hybridized carbons (Fsp3) is 0.448. The van der Waals surface area contributed by atoms with E-state index in [9.17, 15) is 14.3 Å². The van der Waals surface area contributed by atoms with Crippen LogP contribution < -0.4 is 4.74 Å². The lowest BCUT2D eigenvalue weighted by molar-refractivity contribution is -0.136. The maximum absolute atomic E-state index is 14.1. The Morgan fingerprint density at radius 1 is 1.33 bits per heavy atom. The smallest absolute Gasteiger partial charge is 0.317 e. The lowest BCUT2D eigenvalue weighted by Crippen LogP contribution is -2.34. The average molecular weight is 572 g/mol. The molecule has 39 heavy (non-hydrogen) atoms. The van der Waals surface area contributed by atoms with Gasteiger partial charge < -0.3 is 19.1 Å². The SMILES string of the molecule is O=C(O)C1Cc2c(nc(CN3CC=C(c4cccc(OCC5=CCC(Cl)C=C5F)c4)CC3)n2CC2CCO2)S1. The van der Waals surface area contributed by atoms with Gasteiger partial charge in [-0.05, 0) is 48.6 Å². The Morgan fingerprint density at radius 3 is 2.92 bits per heavy atom. The molecule has 2 aromatic rings. The van der Waals surface area contributed by atoms with Crippen molar-refractivity contribution >= 4 is 34.9 Å². The zero-order chi connectivity index (χ0) is 26.9. The zero-order valence-electron chi connectivity index (χ0n) is 21.5. The van der Waals surface area contributed by atoms with Crippen LogP contribution in [0.15, 0.2) is 58.9 Å². The van der Waals surface area contributed by atoms with Gasteiger partial charge in [-0.15, -0.1) is 11.6 Å². The first-order valence-electron chi connectivity index (χ1n) is 13.4. The lowest BCUT2D eigenvalue weighted by atomic mass is 9.99. The van der Waals surface area contributed by atoms with Gasteiger partial charge in [-0.1, -0.05) is 36.0 Å². The highest BCUT2D eigenvalue weighted by molar-refractivity contribution is 8.00. The van der Waals surface area contributed by atoms with Crippen LogP contribution in [0.1, 0.15) is 36.3 Å². The number of carboxylic acid groups (broad SMARTS) is 1. The molecule has 10 heteroatoms. The summed E-state index contributed by atoms with van der Waals surface area (Å²) in [4.78, 5) is 18.8. The van der Waals surface area contributed by atoms with Gasteiger partial charge in [-0.2, -0.15) is 0 Å². The van der Waals surface area contributed by atoms with E-state index in [-0.39, 0.29) is 23.9 Å². The molecule has 0 spiro atoms. The van der Waals surface area contributed by atoms with Crippen molar-refractivity contribution in [2.24, 2.45) is 0 Å². The Labute approximate surface area is 236 Å². The predicted molar refractivity (Wildman–Crippen MR) is 149 cm³/mol. The summed E-state index contributed by atoms with van der Waals surface area (Å²) < 4.78 is 27.9. The third-order valence-corrected chi connectivity index (χ3v) is 9.19. The number of allylic oxidation sites excluding steroid dienone is 2. The van der Waals surface area contributed by atoms with Gasteiger partial charge in [0, 0.05) is 31.7 Å². The van der Waals surface area contributed by atoms with E-state index >= 15 is 0 Å². The molecule has 1 aromatic heterocycles. The summed E-state index contributed by atoms with van der Waals surface area (Å²) in [5.74, 6) is 0.606. The van der Waals surface area contributed by atoms with E-state index in [0.717, 1.165) is 61.2 Å². The van der Waals surface area contributed by atoms with Crippen molar-refractivity contribution in [1.82, 2.24) is 14.5 Å². The highest BCUT2D eigenvalue weighted by Crippen LogP contribution is 2.38. The average Bonchev–Trinajstić information content (AvgIpc) is 3.45. The van der Waals surface area contributed by atoms with Crippen molar-refractivity contribution in [3.63, 3.8) is 0 Å². The number of aliphatic carboxylic acids is 1. The van der Waals surface area contributed by atoms with Gasteiger partial charge in [0.1, 0.15) is 34.3 Å². The highest BCUT2D eigenvalue weighted by Gasteiger charge is 2.35. The van der Waals surface area contributed by atoms with Crippen LogP contribution in [0.3, 0.4) is 0 Å². The minimum atomic E-state index is -0.784. The minimum absolute atomic E-state index is 0.177. The number of thioether (sulfide) groups is 1. The van der Waals surface area contributed by atoms with Crippen molar-refractivity contribution < 1.29 is 23.8 Å². The number of halogens is 2. The summed E-state index contributed by atoms with van der Waals surface area (Å²) in [6, 6.07) is 7.96. The second-order valence-electron chi connectivity index (χ2n) is 10.3. The monoisotopic (exact) mass is 571 g/mol. The molecule has 1 fully saturated rings. The van der Waals surface area contributed by atoms with Crippen LogP contribution in [-0.4, -0.2) is 68.6 Å². The lowest BCUT2D eigenvalue weighted by Gasteiger charge is -2.30. The number of alkyl halides is 1. The number of ether oxygens (including phenoxy) is 2. The van der Waals surface area contributed by atoms with Crippen molar-refractivity contribution in [2.45, 2.75) is 60.5 Å². The Hall–Kier alpha value is -2.59. The van der Waals surface area contributed by atoms with Gasteiger partial charge in [0.15, 0.2) is 0 Å². The molecule has 0 radical (unpaired) electrons. The first-order chi connectivity index (χ1) is 18.9. The minimum Gasteiger partial charge on any atom is -0.489 e. The standard InChI is InChI=1S/C29H31ClFN3O4S/c30-21-5-4-20(24(31)13-21)17-38-22-3-1-2-19(12-22)18-6-9-33(10-7-18)16-27-32-28-25(14-26(39-28)29(35)36)34(27)15-23-8-11-37-23/h1-4,6,12-13,21,23,26H,5,7-11,14-17H2,(H,35,36). The van der Waals surface area contributed by atoms with Crippen LogP contribution in [0.5, 0.6) is 5.75 Å². The second kappa shape index (κ2) is 11.5. The molecule has 0 amide bonds. The van der Waals surface area contributed by atoms with Crippen LogP contribution in [0.4, 0.5) is 4.39 Å². The first-order valence-corrected chi connectivity index (χ1v) is 14.7. The molecular formula is C29H31ClFN3O4S. The van der Waals surface area contributed by atoms with Crippen molar-refractivity contribution in [3.05, 3.63) is 71.0 Å². The van der Waals surface area contributed by atoms with E-state index < -0.39 is 11.2 Å². The zero-order valence-corrected chi connectivity index (χ0v) is 23.1. The molecule has 1 saturated heterocycles.